The van der Waals surface area contributed by atoms with Gasteiger partial charge in [0.15, 0.2) is 0 Å². The molecule has 0 amide bonds. The Morgan fingerprint density at radius 2 is 2.43 bits per heavy atom. The smallest absolute Gasteiger partial charge is 0.303 e. The van der Waals surface area contributed by atoms with Crippen molar-refractivity contribution in [2.75, 3.05) is 6.61 Å². The minimum atomic E-state index is -0.320. The molecule has 0 saturated heterocycles. The average Bonchev–Trinajstić information content (AvgIpc) is 2.16. The molecule has 1 N–H and O–H groups in total. The first-order valence-corrected chi connectivity index (χ1v) is 4.40. The maximum absolute atomic E-state index is 10.5. The molecule has 0 aliphatic carbocycles. The summed E-state index contributed by atoms with van der Waals surface area (Å²) in [6.07, 6.45) is 2.24. The van der Waals surface area contributed by atoms with Crippen LogP contribution in [0.4, 0.5) is 0 Å². The van der Waals surface area contributed by atoms with Crippen LogP contribution in [0.3, 0.4) is 0 Å². The molecule has 0 spiro atoms. The van der Waals surface area contributed by atoms with Gasteiger partial charge in [0.05, 0.1) is 5.69 Å². The molecule has 4 nitrogen and oxygen atoms in total. The maximum atomic E-state index is 10.5. The second-order valence-electron chi connectivity index (χ2n) is 2.91. The van der Waals surface area contributed by atoms with Crippen molar-refractivity contribution in [1.29, 1.82) is 0 Å². The molecule has 1 heterocycles. The highest BCUT2D eigenvalue weighted by Crippen LogP contribution is 2.03. The summed E-state index contributed by atoms with van der Waals surface area (Å²) in [5, 5.41) is 8.72. The van der Waals surface area contributed by atoms with Crippen LogP contribution in [-0.2, 0) is 22.6 Å². The van der Waals surface area contributed by atoms with Gasteiger partial charge in [0.2, 0.25) is 0 Å². The third-order valence-electron chi connectivity index (χ3n) is 1.70. The van der Waals surface area contributed by atoms with Crippen LogP contribution < -0.4 is 0 Å². The van der Waals surface area contributed by atoms with E-state index in [1.165, 1.54) is 6.92 Å². The molecule has 4 heteroatoms. The van der Waals surface area contributed by atoms with E-state index in [1.807, 2.05) is 12.1 Å². The summed E-state index contributed by atoms with van der Waals surface area (Å²) in [5.74, 6) is -0.320. The van der Waals surface area contributed by atoms with Gasteiger partial charge in [-0.05, 0) is 24.1 Å². The van der Waals surface area contributed by atoms with Crippen molar-refractivity contribution in [3.05, 3.63) is 29.6 Å². The van der Waals surface area contributed by atoms with Gasteiger partial charge >= 0.3 is 5.97 Å². The van der Waals surface area contributed by atoms with E-state index in [0.717, 1.165) is 5.56 Å². The topological polar surface area (TPSA) is 59.4 Å². The maximum Gasteiger partial charge on any atom is 0.303 e. The van der Waals surface area contributed by atoms with Gasteiger partial charge in [0.1, 0.15) is 6.61 Å². The van der Waals surface area contributed by atoms with Gasteiger partial charge < -0.3 is 9.84 Å². The van der Waals surface area contributed by atoms with Crippen molar-refractivity contribution in [3.8, 4) is 0 Å². The van der Waals surface area contributed by atoms with Crippen molar-refractivity contribution in [2.24, 2.45) is 0 Å². The Morgan fingerprint density at radius 3 is 3.07 bits per heavy atom. The molecule has 1 aromatic heterocycles. The molecule has 0 aliphatic heterocycles. The first-order chi connectivity index (χ1) is 6.72. The third kappa shape index (κ3) is 3.53. The fourth-order valence-electron chi connectivity index (χ4n) is 1.07. The van der Waals surface area contributed by atoms with Gasteiger partial charge in [-0.15, -0.1) is 0 Å². The van der Waals surface area contributed by atoms with Crippen LogP contribution in [0.1, 0.15) is 18.2 Å². The number of rotatable bonds is 4. The molecule has 1 aromatic rings. The second kappa shape index (κ2) is 5.34. The lowest BCUT2D eigenvalue weighted by Crippen LogP contribution is -2.01. The minimum absolute atomic E-state index is 0.108. The summed E-state index contributed by atoms with van der Waals surface area (Å²) < 4.78 is 4.80. The second-order valence-corrected chi connectivity index (χ2v) is 2.91. The standard InChI is InChI=1S/C10H13NO3/c1-8(13)14-7-10-6-9(3-5-12)2-4-11-10/h2,4,6,12H,3,5,7H2,1H3. The van der Waals surface area contributed by atoms with Crippen molar-refractivity contribution in [3.63, 3.8) is 0 Å². The third-order valence-corrected chi connectivity index (χ3v) is 1.70. The monoisotopic (exact) mass is 195 g/mol. The quantitative estimate of drug-likeness (QED) is 0.718. The van der Waals surface area contributed by atoms with Crippen molar-refractivity contribution in [2.45, 2.75) is 20.0 Å². The Morgan fingerprint density at radius 1 is 1.64 bits per heavy atom. The molecule has 1 rings (SSSR count). The van der Waals surface area contributed by atoms with E-state index in [4.69, 9.17) is 9.84 Å². The van der Waals surface area contributed by atoms with Gasteiger partial charge in [-0.3, -0.25) is 9.78 Å². The number of nitrogens with zero attached hydrogens (tertiary/aromatic N) is 1. The lowest BCUT2D eigenvalue weighted by molar-refractivity contribution is -0.142. The number of aliphatic hydroxyl groups excluding tert-OH is 1. The van der Waals surface area contributed by atoms with E-state index in [1.54, 1.807) is 6.20 Å². The molecular weight excluding hydrogens is 182 g/mol. The first kappa shape index (κ1) is 10.7. The summed E-state index contributed by atoms with van der Waals surface area (Å²) in [4.78, 5) is 14.6. The predicted molar refractivity (Wildman–Crippen MR) is 50.5 cm³/mol. The average molecular weight is 195 g/mol. The van der Waals surface area contributed by atoms with Crippen LogP contribution in [0, 0.1) is 0 Å². The Kier molecular flexibility index (Phi) is 4.07. The van der Waals surface area contributed by atoms with E-state index < -0.39 is 0 Å². The number of aliphatic hydroxyl groups is 1. The summed E-state index contributed by atoms with van der Waals surface area (Å²) in [5.41, 5.74) is 1.69. The number of esters is 1. The largest absolute Gasteiger partial charge is 0.459 e. The number of hydrogen-bond acceptors (Lipinski definition) is 4. The summed E-state index contributed by atoms with van der Waals surface area (Å²) in [7, 11) is 0. The Labute approximate surface area is 82.5 Å². The number of pyridine rings is 1. The molecule has 0 atom stereocenters. The molecule has 0 aromatic carbocycles. The van der Waals surface area contributed by atoms with Crippen LogP contribution in [-0.4, -0.2) is 22.7 Å². The first-order valence-electron chi connectivity index (χ1n) is 4.40. The lowest BCUT2D eigenvalue weighted by atomic mass is 10.2. The highest BCUT2D eigenvalue weighted by molar-refractivity contribution is 5.65. The zero-order valence-electron chi connectivity index (χ0n) is 8.06. The molecule has 14 heavy (non-hydrogen) atoms. The van der Waals surface area contributed by atoms with Gasteiger partial charge in [0, 0.05) is 19.7 Å². The lowest BCUT2D eigenvalue weighted by Gasteiger charge is -2.03. The fraction of sp³-hybridized carbons (Fsp3) is 0.400. The van der Waals surface area contributed by atoms with Gasteiger partial charge in [0.25, 0.3) is 0 Å². The van der Waals surface area contributed by atoms with Crippen LogP contribution in [0.25, 0.3) is 0 Å². The minimum Gasteiger partial charge on any atom is -0.459 e. The van der Waals surface area contributed by atoms with Crippen LogP contribution in [0.2, 0.25) is 0 Å². The summed E-state index contributed by atoms with van der Waals surface area (Å²) in [6.45, 7) is 1.66. The van der Waals surface area contributed by atoms with Crippen molar-refractivity contribution in [1.82, 2.24) is 4.98 Å². The Hall–Kier alpha value is -1.42. The summed E-state index contributed by atoms with van der Waals surface area (Å²) >= 11 is 0. The van der Waals surface area contributed by atoms with E-state index >= 15 is 0 Å². The molecule has 0 bridgehead atoms. The van der Waals surface area contributed by atoms with E-state index in [9.17, 15) is 4.79 Å². The number of carbonyl (C=O) groups is 1. The normalized spacial score (nSPS) is 9.86. The molecule has 0 fully saturated rings. The highest BCUT2D eigenvalue weighted by Gasteiger charge is 1.99. The highest BCUT2D eigenvalue weighted by atomic mass is 16.5. The van der Waals surface area contributed by atoms with Gasteiger partial charge in [-0.1, -0.05) is 0 Å². The van der Waals surface area contributed by atoms with Crippen molar-refractivity contribution >= 4 is 5.97 Å². The zero-order valence-corrected chi connectivity index (χ0v) is 8.06. The van der Waals surface area contributed by atoms with Crippen LogP contribution in [0.15, 0.2) is 18.3 Å². The predicted octanol–water partition coefficient (Wildman–Crippen LogP) is 0.679. The molecule has 76 valence electrons. The number of carbonyl (C=O) groups excluding carboxylic acids is 1. The Bertz CT molecular complexity index is 312. The summed E-state index contributed by atoms with van der Waals surface area (Å²) in [6, 6.07) is 3.65. The molecular formula is C10H13NO3. The van der Waals surface area contributed by atoms with Gasteiger partial charge in [-0.25, -0.2) is 0 Å². The zero-order chi connectivity index (χ0) is 10.4. The molecule has 0 aliphatic rings. The molecule has 0 saturated carbocycles. The number of aromatic nitrogens is 1. The SMILES string of the molecule is CC(=O)OCc1cc(CCO)ccn1. The van der Waals surface area contributed by atoms with Crippen molar-refractivity contribution < 1.29 is 14.6 Å². The number of hydrogen-bond donors (Lipinski definition) is 1. The van der Waals surface area contributed by atoms with E-state index in [2.05, 4.69) is 4.98 Å². The fourth-order valence-corrected chi connectivity index (χ4v) is 1.07. The van der Waals surface area contributed by atoms with Crippen LogP contribution >= 0.6 is 0 Å². The number of ether oxygens (including phenoxy) is 1. The van der Waals surface area contributed by atoms with Gasteiger partial charge in [-0.2, -0.15) is 0 Å². The molecule has 0 unspecified atom stereocenters. The Balaban J connectivity index is 2.58. The van der Waals surface area contributed by atoms with Crippen LogP contribution in [0.5, 0.6) is 0 Å². The molecule has 0 radical (unpaired) electrons. The van der Waals surface area contributed by atoms with E-state index in [-0.39, 0.29) is 19.2 Å². The van der Waals surface area contributed by atoms with E-state index in [0.29, 0.717) is 12.1 Å².